The molecule has 1 aliphatic rings. The minimum Gasteiger partial charge on any atom is -0.326 e. The first-order valence-corrected chi connectivity index (χ1v) is 12.8. The third kappa shape index (κ3) is 7.02. The number of hydrogen-bond donors (Lipinski definition) is 1. The molecule has 0 bridgehead atoms. The van der Waals surface area contributed by atoms with E-state index in [2.05, 4.69) is 52.5 Å². The molecule has 1 fully saturated rings. The zero-order valence-corrected chi connectivity index (χ0v) is 21.9. The number of benzene rings is 2. The van der Waals surface area contributed by atoms with E-state index in [1.54, 1.807) is 12.1 Å². The van der Waals surface area contributed by atoms with Gasteiger partial charge in [0, 0.05) is 50.6 Å². The molecular weight excluding hydrogens is 453 g/mol. The molecule has 7 heteroatoms. The summed E-state index contributed by atoms with van der Waals surface area (Å²) < 4.78 is 15.4. The van der Waals surface area contributed by atoms with Crippen LogP contribution in [0.3, 0.4) is 0 Å². The molecule has 2 heterocycles. The number of aryl methyl sites for hydroxylation is 2. The van der Waals surface area contributed by atoms with E-state index in [1.165, 1.54) is 23.6 Å². The number of rotatable bonds is 9. The third-order valence-corrected chi connectivity index (χ3v) is 7.32. The SMILES string of the molecule is CC(=O)Nc1ccc(CN2CCC([C@H](Cc3ccc(F)cc3)N(C)Cc3cn(C)nc3C)CC2)cc1. The lowest BCUT2D eigenvalue weighted by atomic mass is 9.84. The van der Waals surface area contributed by atoms with Gasteiger partial charge >= 0.3 is 0 Å². The maximum atomic E-state index is 13.5. The molecule has 1 N–H and O–H groups in total. The lowest BCUT2D eigenvalue weighted by molar-refractivity contribution is -0.114. The number of amides is 1. The van der Waals surface area contributed by atoms with E-state index in [9.17, 15) is 9.18 Å². The van der Waals surface area contributed by atoms with E-state index in [0.717, 1.165) is 56.8 Å². The van der Waals surface area contributed by atoms with Gasteiger partial charge in [0.25, 0.3) is 0 Å². The standard InChI is InChI=1S/C29H38FN5O/c1-21-26(20-34(4)32-21)19-33(3)29(17-23-5-9-27(30)10-6-23)25-13-15-35(16-14-25)18-24-7-11-28(12-8-24)31-22(2)36/h5-12,20,25,29H,13-19H2,1-4H3,(H,31,36)/t29-/m0/s1. The van der Waals surface area contributed by atoms with Gasteiger partial charge in [-0.3, -0.25) is 19.3 Å². The second kappa shape index (κ2) is 11.8. The van der Waals surface area contributed by atoms with Gasteiger partial charge in [-0.15, -0.1) is 0 Å². The fourth-order valence-electron chi connectivity index (χ4n) is 5.38. The Morgan fingerprint density at radius 1 is 1.11 bits per heavy atom. The van der Waals surface area contributed by atoms with Crippen molar-refractivity contribution in [2.24, 2.45) is 13.0 Å². The Bertz CT molecular complexity index is 1130. The van der Waals surface area contributed by atoms with Crippen LogP contribution in [0.25, 0.3) is 0 Å². The first kappa shape index (κ1) is 26.0. The van der Waals surface area contributed by atoms with E-state index in [1.807, 2.05) is 36.0 Å². The number of carbonyl (C=O) groups is 1. The fourth-order valence-corrected chi connectivity index (χ4v) is 5.38. The van der Waals surface area contributed by atoms with Gasteiger partial charge in [0.1, 0.15) is 5.82 Å². The number of likely N-dealkylation sites (tertiary alicyclic amines) is 1. The molecule has 0 saturated carbocycles. The van der Waals surface area contributed by atoms with Gasteiger partial charge in [0.2, 0.25) is 5.91 Å². The van der Waals surface area contributed by atoms with Crippen molar-refractivity contribution in [2.75, 3.05) is 25.5 Å². The molecule has 1 aliphatic heterocycles. The number of nitrogens with one attached hydrogen (secondary N) is 1. The molecule has 1 atom stereocenters. The molecule has 1 saturated heterocycles. The highest BCUT2D eigenvalue weighted by Crippen LogP contribution is 2.28. The minimum absolute atomic E-state index is 0.0522. The summed E-state index contributed by atoms with van der Waals surface area (Å²) in [6, 6.07) is 15.5. The van der Waals surface area contributed by atoms with Crippen LogP contribution in [0.2, 0.25) is 0 Å². The lowest BCUT2D eigenvalue weighted by Gasteiger charge is -2.40. The van der Waals surface area contributed by atoms with Gasteiger partial charge in [-0.25, -0.2) is 4.39 Å². The molecule has 0 unspecified atom stereocenters. The Labute approximate surface area is 214 Å². The van der Waals surface area contributed by atoms with Crippen LogP contribution < -0.4 is 5.32 Å². The number of carbonyl (C=O) groups excluding carboxylic acids is 1. The first-order valence-electron chi connectivity index (χ1n) is 12.8. The highest BCUT2D eigenvalue weighted by molar-refractivity contribution is 5.88. The Morgan fingerprint density at radius 3 is 2.33 bits per heavy atom. The Kier molecular flexibility index (Phi) is 8.54. The zero-order chi connectivity index (χ0) is 25.7. The van der Waals surface area contributed by atoms with Crippen molar-refractivity contribution in [1.82, 2.24) is 19.6 Å². The van der Waals surface area contributed by atoms with Crippen molar-refractivity contribution < 1.29 is 9.18 Å². The highest BCUT2D eigenvalue weighted by Gasteiger charge is 2.30. The first-order chi connectivity index (χ1) is 17.3. The molecule has 2 aromatic carbocycles. The van der Waals surface area contributed by atoms with E-state index in [-0.39, 0.29) is 11.7 Å². The topological polar surface area (TPSA) is 53.4 Å². The van der Waals surface area contributed by atoms with Gasteiger partial charge in [-0.1, -0.05) is 24.3 Å². The summed E-state index contributed by atoms with van der Waals surface area (Å²) in [6.45, 7) is 7.47. The van der Waals surface area contributed by atoms with E-state index in [0.29, 0.717) is 12.0 Å². The minimum atomic E-state index is -0.187. The summed E-state index contributed by atoms with van der Waals surface area (Å²) in [7, 11) is 4.18. The van der Waals surface area contributed by atoms with E-state index in [4.69, 9.17) is 0 Å². The number of halogens is 1. The molecule has 6 nitrogen and oxygen atoms in total. The summed E-state index contributed by atoms with van der Waals surface area (Å²) in [6.07, 6.45) is 5.28. The summed E-state index contributed by atoms with van der Waals surface area (Å²) >= 11 is 0. The van der Waals surface area contributed by atoms with Crippen molar-refractivity contribution in [1.29, 1.82) is 0 Å². The number of anilines is 1. The van der Waals surface area contributed by atoms with Crippen molar-refractivity contribution in [3.63, 3.8) is 0 Å². The predicted octanol–water partition coefficient (Wildman–Crippen LogP) is 4.78. The molecule has 0 radical (unpaired) electrons. The van der Waals surface area contributed by atoms with Gasteiger partial charge in [0.15, 0.2) is 0 Å². The number of aromatic nitrogens is 2. The molecule has 192 valence electrons. The number of likely N-dealkylation sites (N-methyl/N-ethyl adjacent to an activating group) is 1. The van der Waals surface area contributed by atoms with Crippen LogP contribution >= 0.6 is 0 Å². The average molecular weight is 492 g/mol. The van der Waals surface area contributed by atoms with Gasteiger partial charge < -0.3 is 5.32 Å². The van der Waals surface area contributed by atoms with Crippen LogP contribution in [0, 0.1) is 18.7 Å². The van der Waals surface area contributed by atoms with Crippen LogP contribution in [-0.2, 0) is 31.4 Å². The summed E-state index contributed by atoms with van der Waals surface area (Å²) in [4.78, 5) is 16.2. The summed E-state index contributed by atoms with van der Waals surface area (Å²) in [5.41, 5.74) is 5.60. The zero-order valence-electron chi connectivity index (χ0n) is 21.9. The largest absolute Gasteiger partial charge is 0.326 e. The van der Waals surface area contributed by atoms with E-state index >= 15 is 0 Å². The molecule has 1 aromatic heterocycles. The van der Waals surface area contributed by atoms with Crippen molar-refractivity contribution in [3.8, 4) is 0 Å². The van der Waals surface area contributed by atoms with Crippen LogP contribution in [0.5, 0.6) is 0 Å². The van der Waals surface area contributed by atoms with Crippen molar-refractivity contribution in [3.05, 3.63) is 82.9 Å². The Hall–Kier alpha value is -3.03. The molecule has 0 aliphatic carbocycles. The molecular formula is C29H38FN5O. The van der Waals surface area contributed by atoms with Gasteiger partial charge in [0.05, 0.1) is 5.69 Å². The van der Waals surface area contributed by atoms with Crippen LogP contribution in [0.15, 0.2) is 54.7 Å². The smallest absolute Gasteiger partial charge is 0.221 e. The second-order valence-electron chi connectivity index (χ2n) is 10.2. The Morgan fingerprint density at radius 2 is 1.75 bits per heavy atom. The maximum Gasteiger partial charge on any atom is 0.221 e. The number of hydrogen-bond acceptors (Lipinski definition) is 4. The van der Waals surface area contributed by atoms with Crippen LogP contribution in [0.1, 0.15) is 42.1 Å². The van der Waals surface area contributed by atoms with Gasteiger partial charge in [-0.05, 0) is 87.6 Å². The fraction of sp³-hybridized carbons (Fsp3) is 0.448. The quantitative estimate of drug-likeness (QED) is 0.468. The second-order valence-corrected chi connectivity index (χ2v) is 10.2. The molecule has 36 heavy (non-hydrogen) atoms. The summed E-state index contributed by atoms with van der Waals surface area (Å²) in [5.74, 6) is 0.326. The van der Waals surface area contributed by atoms with Crippen LogP contribution in [0.4, 0.5) is 10.1 Å². The summed E-state index contributed by atoms with van der Waals surface area (Å²) in [5, 5.41) is 7.35. The maximum absolute atomic E-state index is 13.5. The number of piperidine rings is 1. The van der Waals surface area contributed by atoms with Crippen LogP contribution in [-0.4, -0.2) is 51.7 Å². The average Bonchev–Trinajstić information content (AvgIpc) is 3.16. The predicted molar refractivity (Wildman–Crippen MR) is 142 cm³/mol. The highest BCUT2D eigenvalue weighted by atomic mass is 19.1. The molecule has 1 amide bonds. The normalized spacial score (nSPS) is 15.8. The third-order valence-electron chi connectivity index (χ3n) is 7.32. The molecule has 3 aromatic rings. The monoisotopic (exact) mass is 491 g/mol. The number of nitrogens with zero attached hydrogens (tertiary/aromatic N) is 4. The Balaban J connectivity index is 1.40. The van der Waals surface area contributed by atoms with E-state index < -0.39 is 0 Å². The molecule has 4 rings (SSSR count). The van der Waals surface area contributed by atoms with Crippen molar-refractivity contribution in [2.45, 2.75) is 52.2 Å². The van der Waals surface area contributed by atoms with Crippen molar-refractivity contribution >= 4 is 11.6 Å². The molecule has 0 spiro atoms. The van der Waals surface area contributed by atoms with Gasteiger partial charge in [-0.2, -0.15) is 5.10 Å². The lowest BCUT2D eigenvalue weighted by Crippen LogP contribution is -2.45.